The van der Waals surface area contributed by atoms with Crippen LogP contribution in [0.15, 0.2) is 18.2 Å². The number of nitrogens with one attached hydrogen (secondary N) is 1. The highest BCUT2D eigenvalue weighted by Gasteiger charge is 2.22. The van der Waals surface area contributed by atoms with E-state index < -0.39 is 11.6 Å². The fourth-order valence-electron chi connectivity index (χ4n) is 2.66. The maximum atomic E-state index is 14.2. The SMILES string of the molecule is CNC(c1cc2c(s1)CCSC2)c1cc(C)c(F)cc1F. The Labute approximate surface area is 131 Å². The fraction of sp³-hybridized carbons (Fsp3) is 0.375. The molecule has 1 aliphatic rings. The highest BCUT2D eigenvalue weighted by Crippen LogP contribution is 2.37. The van der Waals surface area contributed by atoms with Gasteiger partial charge >= 0.3 is 0 Å². The molecule has 112 valence electrons. The number of aryl methyl sites for hydroxylation is 2. The minimum absolute atomic E-state index is 0.218. The van der Waals surface area contributed by atoms with Crippen LogP contribution < -0.4 is 5.32 Å². The first kappa shape index (κ1) is 15.0. The molecule has 1 unspecified atom stereocenters. The first-order valence-electron chi connectivity index (χ1n) is 6.92. The molecule has 1 nitrogen and oxygen atoms in total. The lowest BCUT2D eigenvalue weighted by atomic mass is 10.0. The van der Waals surface area contributed by atoms with Crippen LogP contribution in [-0.2, 0) is 12.2 Å². The molecule has 1 N–H and O–H groups in total. The van der Waals surface area contributed by atoms with E-state index in [0.29, 0.717) is 11.1 Å². The average molecular weight is 325 g/mol. The molecular weight excluding hydrogens is 308 g/mol. The Morgan fingerprint density at radius 2 is 2.00 bits per heavy atom. The van der Waals surface area contributed by atoms with Crippen molar-refractivity contribution in [2.75, 3.05) is 12.8 Å². The molecule has 1 aromatic heterocycles. The van der Waals surface area contributed by atoms with Gasteiger partial charge < -0.3 is 5.32 Å². The zero-order chi connectivity index (χ0) is 15.0. The molecule has 0 saturated heterocycles. The third-order valence-electron chi connectivity index (χ3n) is 3.81. The molecule has 0 fully saturated rings. The first-order valence-corrected chi connectivity index (χ1v) is 8.89. The monoisotopic (exact) mass is 325 g/mol. The number of benzene rings is 1. The van der Waals surface area contributed by atoms with E-state index in [4.69, 9.17) is 0 Å². The van der Waals surface area contributed by atoms with E-state index in [-0.39, 0.29) is 6.04 Å². The molecule has 0 amide bonds. The Morgan fingerprint density at radius 1 is 1.19 bits per heavy atom. The van der Waals surface area contributed by atoms with Gasteiger partial charge in [-0.3, -0.25) is 0 Å². The van der Waals surface area contributed by atoms with Crippen LogP contribution in [0.25, 0.3) is 0 Å². The van der Waals surface area contributed by atoms with Gasteiger partial charge in [-0.25, -0.2) is 8.78 Å². The van der Waals surface area contributed by atoms with E-state index in [1.54, 1.807) is 24.3 Å². The molecule has 1 atom stereocenters. The molecule has 2 heterocycles. The Kier molecular flexibility index (Phi) is 4.33. The summed E-state index contributed by atoms with van der Waals surface area (Å²) in [5.74, 6) is 1.21. The Hall–Kier alpha value is -0.910. The van der Waals surface area contributed by atoms with Crippen molar-refractivity contribution in [2.45, 2.75) is 25.1 Å². The van der Waals surface area contributed by atoms with Gasteiger partial charge in [0.2, 0.25) is 0 Å². The van der Waals surface area contributed by atoms with Gasteiger partial charge in [-0.15, -0.1) is 11.3 Å². The molecule has 0 bridgehead atoms. The molecular formula is C16H17F2NS2. The molecule has 2 aromatic rings. The Balaban J connectivity index is 2.02. The summed E-state index contributed by atoms with van der Waals surface area (Å²) in [5.41, 5.74) is 2.36. The number of hydrogen-bond donors (Lipinski definition) is 1. The van der Waals surface area contributed by atoms with Gasteiger partial charge in [0.1, 0.15) is 11.6 Å². The number of halogens is 2. The number of hydrogen-bond acceptors (Lipinski definition) is 3. The van der Waals surface area contributed by atoms with Crippen LogP contribution in [0.1, 0.15) is 32.5 Å². The topological polar surface area (TPSA) is 12.0 Å². The van der Waals surface area contributed by atoms with E-state index in [1.165, 1.54) is 10.4 Å². The van der Waals surface area contributed by atoms with Gasteiger partial charge in [0.15, 0.2) is 0 Å². The predicted octanol–water partition coefficient (Wildman–Crippen LogP) is 4.43. The number of thiophene rings is 1. The zero-order valence-corrected chi connectivity index (χ0v) is 13.6. The van der Waals surface area contributed by atoms with Crippen LogP contribution >= 0.6 is 23.1 Å². The van der Waals surface area contributed by atoms with E-state index >= 15 is 0 Å². The summed E-state index contributed by atoms with van der Waals surface area (Å²) in [6.45, 7) is 1.67. The fourth-order valence-corrected chi connectivity index (χ4v) is 5.17. The number of fused-ring (bicyclic) bond motifs is 1. The first-order chi connectivity index (χ1) is 10.1. The number of rotatable bonds is 3. The second kappa shape index (κ2) is 6.07. The predicted molar refractivity (Wildman–Crippen MR) is 86.2 cm³/mol. The van der Waals surface area contributed by atoms with Crippen LogP contribution in [0.3, 0.4) is 0 Å². The van der Waals surface area contributed by atoms with Crippen molar-refractivity contribution in [1.82, 2.24) is 5.32 Å². The smallest absolute Gasteiger partial charge is 0.131 e. The second-order valence-electron chi connectivity index (χ2n) is 5.24. The van der Waals surface area contributed by atoms with Gasteiger partial charge in [-0.2, -0.15) is 11.8 Å². The largest absolute Gasteiger partial charge is 0.309 e. The Bertz CT molecular complexity index is 643. The maximum absolute atomic E-state index is 14.2. The van der Waals surface area contributed by atoms with E-state index in [9.17, 15) is 8.78 Å². The van der Waals surface area contributed by atoms with Crippen LogP contribution in [0.5, 0.6) is 0 Å². The van der Waals surface area contributed by atoms with Crippen molar-refractivity contribution in [2.24, 2.45) is 0 Å². The average Bonchev–Trinajstić information content (AvgIpc) is 2.88. The van der Waals surface area contributed by atoms with Crippen molar-refractivity contribution in [3.8, 4) is 0 Å². The molecule has 21 heavy (non-hydrogen) atoms. The third kappa shape index (κ3) is 2.87. The van der Waals surface area contributed by atoms with Gasteiger partial charge in [0.05, 0.1) is 6.04 Å². The van der Waals surface area contributed by atoms with Crippen molar-refractivity contribution < 1.29 is 8.78 Å². The normalized spacial score (nSPS) is 15.8. The van der Waals surface area contributed by atoms with Gasteiger partial charge in [0, 0.05) is 27.1 Å². The maximum Gasteiger partial charge on any atom is 0.131 e. The lowest BCUT2D eigenvalue weighted by Crippen LogP contribution is -2.18. The van der Waals surface area contributed by atoms with Gasteiger partial charge in [0.25, 0.3) is 0 Å². The Morgan fingerprint density at radius 3 is 2.71 bits per heavy atom. The highest BCUT2D eigenvalue weighted by molar-refractivity contribution is 7.98. The summed E-state index contributed by atoms with van der Waals surface area (Å²) >= 11 is 3.68. The summed E-state index contributed by atoms with van der Waals surface area (Å²) in [6, 6.07) is 4.55. The minimum Gasteiger partial charge on any atom is -0.309 e. The second-order valence-corrected chi connectivity index (χ2v) is 7.52. The van der Waals surface area contributed by atoms with Crippen molar-refractivity contribution >= 4 is 23.1 Å². The highest BCUT2D eigenvalue weighted by atomic mass is 32.2. The lowest BCUT2D eigenvalue weighted by molar-refractivity contribution is 0.549. The third-order valence-corrected chi connectivity index (χ3v) is 6.12. The van der Waals surface area contributed by atoms with Gasteiger partial charge in [-0.05, 0) is 49.4 Å². The molecule has 0 aliphatic carbocycles. The standard InChI is InChI=1S/C16H17F2NS2/c1-9-5-11(13(18)7-12(9)17)16(19-2)15-6-10-8-20-4-3-14(10)21-15/h5-7,16,19H,3-4,8H2,1-2H3. The van der Waals surface area contributed by atoms with Crippen LogP contribution in [0.4, 0.5) is 8.78 Å². The summed E-state index contributed by atoms with van der Waals surface area (Å²) in [7, 11) is 1.82. The number of thioether (sulfide) groups is 1. The molecule has 0 radical (unpaired) electrons. The summed E-state index contributed by atoms with van der Waals surface area (Å²) in [6.07, 6.45) is 1.09. The molecule has 5 heteroatoms. The van der Waals surface area contributed by atoms with Crippen LogP contribution in [-0.4, -0.2) is 12.8 Å². The minimum atomic E-state index is -0.493. The van der Waals surface area contributed by atoms with E-state index in [2.05, 4.69) is 11.4 Å². The van der Waals surface area contributed by atoms with Crippen LogP contribution in [0.2, 0.25) is 0 Å². The summed E-state index contributed by atoms with van der Waals surface area (Å²) in [5, 5.41) is 3.17. The van der Waals surface area contributed by atoms with Crippen molar-refractivity contribution in [3.05, 3.63) is 56.3 Å². The van der Waals surface area contributed by atoms with E-state index in [0.717, 1.165) is 28.9 Å². The molecule has 3 rings (SSSR count). The molecule has 0 saturated carbocycles. The molecule has 1 aromatic carbocycles. The quantitative estimate of drug-likeness (QED) is 0.896. The molecule has 1 aliphatic heterocycles. The zero-order valence-electron chi connectivity index (χ0n) is 12.0. The van der Waals surface area contributed by atoms with E-state index in [1.807, 2.05) is 18.8 Å². The summed E-state index contributed by atoms with van der Waals surface area (Å²) in [4.78, 5) is 2.51. The molecule has 0 spiro atoms. The van der Waals surface area contributed by atoms with Crippen molar-refractivity contribution in [3.63, 3.8) is 0 Å². The van der Waals surface area contributed by atoms with Crippen molar-refractivity contribution in [1.29, 1.82) is 0 Å². The lowest BCUT2D eigenvalue weighted by Gasteiger charge is -2.17. The summed E-state index contributed by atoms with van der Waals surface area (Å²) < 4.78 is 27.6. The van der Waals surface area contributed by atoms with Gasteiger partial charge in [-0.1, -0.05) is 0 Å². The van der Waals surface area contributed by atoms with Crippen LogP contribution in [0, 0.1) is 18.6 Å².